The normalized spacial score (nSPS) is 11.2. The van der Waals surface area contributed by atoms with Crippen molar-refractivity contribution in [3.05, 3.63) is 64.9 Å². The summed E-state index contributed by atoms with van der Waals surface area (Å²) in [4.78, 5) is 11.3. The minimum absolute atomic E-state index is 0.124. The van der Waals surface area contributed by atoms with Crippen molar-refractivity contribution >= 4 is 12.0 Å². The van der Waals surface area contributed by atoms with E-state index in [-0.39, 0.29) is 11.5 Å². The Morgan fingerprint density at radius 1 is 1.05 bits per heavy atom. The quantitative estimate of drug-likeness (QED) is 0.666. The average Bonchev–Trinajstić information content (AvgIpc) is 2.39. The average molecular weight is 284 g/mol. The molecule has 108 valence electrons. The molecule has 0 amide bonds. The third-order valence-electron chi connectivity index (χ3n) is 2.82. The Bertz CT molecular complexity index is 664. The Hall–Kier alpha value is -2.75. The Labute approximate surface area is 122 Å². The summed E-state index contributed by atoms with van der Waals surface area (Å²) < 4.78 is 5.47. The number of benzene rings is 2. The number of rotatable bonds is 4. The van der Waals surface area contributed by atoms with Crippen LogP contribution in [0.2, 0.25) is 0 Å². The van der Waals surface area contributed by atoms with Crippen molar-refractivity contribution in [3.8, 4) is 11.5 Å². The van der Waals surface area contributed by atoms with Gasteiger partial charge in [0.05, 0.1) is 0 Å². The molecule has 0 aliphatic rings. The van der Waals surface area contributed by atoms with Crippen LogP contribution in [0.1, 0.15) is 16.7 Å². The van der Waals surface area contributed by atoms with Gasteiger partial charge >= 0.3 is 5.97 Å². The molecule has 0 aliphatic heterocycles. The molecule has 0 atom stereocenters. The highest BCUT2D eigenvalue weighted by atomic mass is 16.5. The first-order chi connectivity index (χ1) is 9.94. The Balaban J connectivity index is 2.31. The summed E-state index contributed by atoms with van der Waals surface area (Å²) in [7, 11) is 0. The molecule has 0 aliphatic carbocycles. The lowest BCUT2D eigenvalue weighted by atomic mass is 10.1. The standard InChI is InChI=1S/C17H16O4/c1-11-7-12(2)9-15(8-11)21-16(17(19)20)10-13-3-5-14(18)6-4-13/h3-10,18H,1-2H3,(H,19,20). The number of aromatic hydroxyl groups is 1. The summed E-state index contributed by atoms with van der Waals surface area (Å²) in [5.74, 6) is -0.716. The van der Waals surface area contributed by atoms with Crippen LogP contribution in [0.5, 0.6) is 11.5 Å². The van der Waals surface area contributed by atoms with Crippen LogP contribution in [0.4, 0.5) is 0 Å². The largest absolute Gasteiger partial charge is 0.508 e. The highest BCUT2D eigenvalue weighted by Crippen LogP contribution is 2.20. The van der Waals surface area contributed by atoms with Crippen LogP contribution in [-0.4, -0.2) is 16.2 Å². The molecule has 2 aromatic rings. The first kappa shape index (κ1) is 14.7. The molecule has 0 fully saturated rings. The Morgan fingerprint density at radius 3 is 2.14 bits per heavy atom. The number of carbonyl (C=O) groups is 1. The number of aryl methyl sites for hydroxylation is 2. The molecule has 21 heavy (non-hydrogen) atoms. The highest BCUT2D eigenvalue weighted by molar-refractivity contribution is 5.90. The monoisotopic (exact) mass is 284 g/mol. The number of hydrogen-bond acceptors (Lipinski definition) is 3. The van der Waals surface area contributed by atoms with Gasteiger partial charge in [0.2, 0.25) is 5.76 Å². The van der Waals surface area contributed by atoms with Crippen molar-refractivity contribution in [1.29, 1.82) is 0 Å². The van der Waals surface area contributed by atoms with Crippen LogP contribution in [0.3, 0.4) is 0 Å². The maximum atomic E-state index is 11.3. The number of ether oxygens (including phenoxy) is 1. The molecule has 0 bridgehead atoms. The summed E-state index contributed by atoms with van der Waals surface area (Å²) in [6, 6.07) is 11.7. The molecule has 0 radical (unpaired) electrons. The third kappa shape index (κ3) is 4.11. The first-order valence-corrected chi connectivity index (χ1v) is 6.44. The Kier molecular flexibility index (Phi) is 4.28. The maximum absolute atomic E-state index is 11.3. The topological polar surface area (TPSA) is 66.8 Å². The first-order valence-electron chi connectivity index (χ1n) is 6.44. The van der Waals surface area contributed by atoms with E-state index in [0.29, 0.717) is 11.3 Å². The second kappa shape index (κ2) is 6.13. The van der Waals surface area contributed by atoms with E-state index in [2.05, 4.69) is 0 Å². The van der Waals surface area contributed by atoms with Crippen LogP contribution in [0, 0.1) is 13.8 Å². The van der Waals surface area contributed by atoms with Gasteiger partial charge in [0.1, 0.15) is 11.5 Å². The van der Waals surface area contributed by atoms with Crippen LogP contribution >= 0.6 is 0 Å². The predicted molar refractivity (Wildman–Crippen MR) is 80.3 cm³/mol. The number of phenolic OH excluding ortho intramolecular Hbond substituents is 1. The maximum Gasteiger partial charge on any atom is 0.371 e. The molecule has 2 N–H and O–H groups in total. The van der Waals surface area contributed by atoms with E-state index in [1.54, 1.807) is 24.3 Å². The molecule has 0 unspecified atom stereocenters. The van der Waals surface area contributed by atoms with Crippen molar-refractivity contribution in [1.82, 2.24) is 0 Å². The van der Waals surface area contributed by atoms with Crippen molar-refractivity contribution in [2.45, 2.75) is 13.8 Å². The summed E-state index contributed by atoms with van der Waals surface area (Å²) in [5.41, 5.74) is 2.63. The minimum Gasteiger partial charge on any atom is -0.508 e. The summed E-state index contributed by atoms with van der Waals surface area (Å²) in [5, 5.41) is 18.5. The number of phenols is 1. The number of hydrogen-bond donors (Lipinski definition) is 2. The van der Waals surface area contributed by atoms with E-state index in [0.717, 1.165) is 11.1 Å². The second-order valence-corrected chi connectivity index (χ2v) is 4.83. The third-order valence-corrected chi connectivity index (χ3v) is 2.82. The van der Waals surface area contributed by atoms with Gasteiger partial charge in [0.25, 0.3) is 0 Å². The van der Waals surface area contributed by atoms with Gasteiger partial charge in [0, 0.05) is 0 Å². The minimum atomic E-state index is -1.15. The molecular formula is C17H16O4. The van der Waals surface area contributed by atoms with Crippen molar-refractivity contribution in [2.75, 3.05) is 0 Å². The fourth-order valence-corrected chi connectivity index (χ4v) is 1.98. The molecule has 0 heterocycles. The molecule has 0 saturated carbocycles. The highest BCUT2D eigenvalue weighted by Gasteiger charge is 2.11. The lowest BCUT2D eigenvalue weighted by molar-refractivity contribution is -0.134. The van der Waals surface area contributed by atoms with Gasteiger partial charge in [-0.25, -0.2) is 4.79 Å². The molecule has 4 nitrogen and oxygen atoms in total. The van der Waals surface area contributed by atoms with Crippen molar-refractivity contribution in [3.63, 3.8) is 0 Å². The molecule has 0 spiro atoms. The lowest BCUT2D eigenvalue weighted by Crippen LogP contribution is -2.07. The number of aliphatic carboxylic acids is 1. The molecule has 2 aromatic carbocycles. The molecule has 2 rings (SSSR count). The van der Waals surface area contributed by atoms with Crippen molar-refractivity contribution in [2.24, 2.45) is 0 Å². The van der Waals surface area contributed by atoms with Gasteiger partial charge in [-0.2, -0.15) is 0 Å². The molecule has 0 aromatic heterocycles. The van der Waals surface area contributed by atoms with E-state index in [1.807, 2.05) is 19.9 Å². The lowest BCUT2D eigenvalue weighted by Gasteiger charge is -2.08. The fourth-order valence-electron chi connectivity index (χ4n) is 1.98. The summed E-state index contributed by atoms with van der Waals surface area (Å²) >= 11 is 0. The van der Waals surface area contributed by atoms with Gasteiger partial charge < -0.3 is 14.9 Å². The van der Waals surface area contributed by atoms with E-state index < -0.39 is 5.97 Å². The molecule has 0 saturated heterocycles. The van der Waals surface area contributed by atoms with Crippen LogP contribution in [0.15, 0.2) is 48.2 Å². The zero-order valence-corrected chi connectivity index (χ0v) is 11.8. The van der Waals surface area contributed by atoms with Crippen molar-refractivity contribution < 1.29 is 19.7 Å². The van der Waals surface area contributed by atoms with Gasteiger partial charge in [-0.1, -0.05) is 18.2 Å². The van der Waals surface area contributed by atoms with E-state index in [9.17, 15) is 15.0 Å². The zero-order chi connectivity index (χ0) is 15.4. The zero-order valence-electron chi connectivity index (χ0n) is 11.8. The van der Waals surface area contributed by atoms with Gasteiger partial charge in [-0.15, -0.1) is 0 Å². The second-order valence-electron chi connectivity index (χ2n) is 4.83. The summed E-state index contributed by atoms with van der Waals surface area (Å²) in [6.45, 7) is 3.84. The van der Waals surface area contributed by atoms with Crippen LogP contribution in [-0.2, 0) is 4.79 Å². The molecule has 4 heteroatoms. The summed E-state index contributed by atoms with van der Waals surface area (Å²) in [6.07, 6.45) is 1.42. The Morgan fingerprint density at radius 2 is 1.62 bits per heavy atom. The van der Waals surface area contributed by atoms with Gasteiger partial charge in [-0.3, -0.25) is 0 Å². The number of carboxylic acid groups (broad SMARTS) is 1. The van der Waals surface area contributed by atoms with Crippen LogP contribution < -0.4 is 4.74 Å². The molecular weight excluding hydrogens is 268 g/mol. The number of carboxylic acids is 1. The smallest absolute Gasteiger partial charge is 0.371 e. The fraction of sp³-hybridized carbons (Fsp3) is 0.118. The van der Waals surface area contributed by atoms with Crippen LogP contribution in [0.25, 0.3) is 6.08 Å². The van der Waals surface area contributed by atoms with Gasteiger partial charge in [-0.05, 0) is 60.9 Å². The predicted octanol–water partition coefficient (Wildman–Crippen LogP) is 3.51. The van der Waals surface area contributed by atoms with Gasteiger partial charge in [0.15, 0.2) is 0 Å². The van der Waals surface area contributed by atoms with E-state index >= 15 is 0 Å². The van der Waals surface area contributed by atoms with E-state index in [1.165, 1.54) is 18.2 Å². The van der Waals surface area contributed by atoms with E-state index in [4.69, 9.17) is 4.74 Å². The SMILES string of the molecule is Cc1cc(C)cc(OC(=Cc2ccc(O)cc2)C(=O)O)c1.